The fourth-order valence-corrected chi connectivity index (χ4v) is 0.411. The predicted molar refractivity (Wildman–Crippen MR) is 32.9 cm³/mol. The minimum Gasteiger partial charge on any atom is -0.338 e. The minimum absolute atomic E-state index is 0.238. The van der Waals surface area contributed by atoms with Crippen molar-refractivity contribution in [3.63, 3.8) is 0 Å². The number of urea groups is 1. The Kier molecular flexibility index (Phi) is 3.70. The van der Waals surface area contributed by atoms with Crippen molar-refractivity contribution in [2.45, 2.75) is 19.6 Å². The van der Waals surface area contributed by atoms with Crippen LogP contribution in [0.2, 0.25) is 0 Å². The number of amides is 2. The van der Waals surface area contributed by atoms with Crippen molar-refractivity contribution < 1.29 is 18.0 Å². The van der Waals surface area contributed by atoms with Gasteiger partial charge in [-0.1, -0.05) is 6.92 Å². The van der Waals surface area contributed by atoms with Gasteiger partial charge in [0.15, 0.2) is 0 Å². The zero-order valence-electron chi connectivity index (χ0n) is 5.96. The molecule has 0 aromatic rings. The van der Waals surface area contributed by atoms with Crippen LogP contribution in [-0.4, -0.2) is 18.9 Å². The molecule has 0 aliphatic heterocycles. The van der Waals surface area contributed by atoms with Crippen LogP contribution in [0.25, 0.3) is 0 Å². The molecule has 0 atom stereocenters. The van der Waals surface area contributed by atoms with Crippen molar-refractivity contribution in [1.82, 2.24) is 10.6 Å². The van der Waals surface area contributed by atoms with Crippen LogP contribution in [0.1, 0.15) is 13.3 Å². The van der Waals surface area contributed by atoms with Gasteiger partial charge in [0.2, 0.25) is 0 Å². The van der Waals surface area contributed by atoms with E-state index in [1.807, 2.05) is 5.32 Å². The highest BCUT2D eigenvalue weighted by Gasteiger charge is 2.29. The third-order valence-electron chi connectivity index (χ3n) is 0.791. The second-order valence-corrected chi connectivity index (χ2v) is 1.88. The van der Waals surface area contributed by atoms with Crippen molar-refractivity contribution in [1.29, 1.82) is 0 Å². The Morgan fingerprint density at radius 2 is 2.00 bits per heavy atom. The molecule has 6 heteroatoms. The predicted octanol–water partition coefficient (Wildman–Crippen LogP) is 1.22. The second-order valence-electron chi connectivity index (χ2n) is 1.88. The zero-order chi connectivity index (χ0) is 8.91. The first kappa shape index (κ1) is 10.1. The van der Waals surface area contributed by atoms with E-state index in [4.69, 9.17) is 0 Å². The Morgan fingerprint density at radius 3 is 2.36 bits per heavy atom. The number of carbonyl (C=O) groups is 1. The van der Waals surface area contributed by atoms with E-state index in [0.29, 0.717) is 6.42 Å². The molecule has 0 bridgehead atoms. The quantitative estimate of drug-likeness (QED) is 0.601. The average Bonchev–Trinajstić information content (AvgIpc) is 1.79. The summed E-state index contributed by atoms with van der Waals surface area (Å²) in [7, 11) is 0. The molecule has 11 heavy (non-hydrogen) atoms. The van der Waals surface area contributed by atoms with Gasteiger partial charge in [0.05, 0.1) is 0 Å². The topological polar surface area (TPSA) is 41.1 Å². The summed E-state index contributed by atoms with van der Waals surface area (Å²) >= 11 is 0. The lowest BCUT2D eigenvalue weighted by molar-refractivity contribution is -0.145. The van der Waals surface area contributed by atoms with E-state index in [1.54, 1.807) is 6.92 Å². The highest BCUT2D eigenvalue weighted by Crippen LogP contribution is 2.08. The maximum atomic E-state index is 11.4. The number of hydrogen-bond donors (Lipinski definition) is 2. The van der Waals surface area contributed by atoms with Gasteiger partial charge < -0.3 is 5.32 Å². The van der Waals surface area contributed by atoms with Gasteiger partial charge in [0, 0.05) is 6.54 Å². The summed E-state index contributed by atoms with van der Waals surface area (Å²) in [5.41, 5.74) is 0. The average molecular weight is 170 g/mol. The summed E-state index contributed by atoms with van der Waals surface area (Å²) in [6.45, 7) is 1.98. The van der Waals surface area contributed by atoms with Gasteiger partial charge in [-0.3, -0.25) is 0 Å². The highest BCUT2D eigenvalue weighted by molar-refractivity contribution is 5.74. The van der Waals surface area contributed by atoms with Gasteiger partial charge in [-0.05, 0) is 6.42 Å². The van der Waals surface area contributed by atoms with Gasteiger partial charge in [-0.15, -0.1) is 0 Å². The normalized spacial score (nSPS) is 10.9. The molecule has 0 radical (unpaired) electrons. The maximum absolute atomic E-state index is 11.4. The van der Waals surface area contributed by atoms with Crippen molar-refractivity contribution in [2.75, 3.05) is 6.54 Å². The van der Waals surface area contributed by atoms with Crippen LogP contribution in [-0.2, 0) is 0 Å². The summed E-state index contributed by atoms with van der Waals surface area (Å²) < 4.78 is 34.1. The molecular formula is C5H9F3N2O. The standard InChI is InChI=1S/C5H9F3N2O/c1-2-3-9-4(11)10-5(6,7)8/h2-3H2,1H3,(H2,9,10,11). The smallest absolute Gasteiger partial charge is 0.338 e. The Labute approximate surface area is 62.0 Å². The number of rotatable bonds is 2. The lowest BCUT2D eigenvalue weighted by Gasteiger charge is -2.08. The molecule has 0 heterocycles. The van der Waals surface area contributed by atoms with Crippen LogP contribution in [0, 0.1) is 0 Å². The minimum atomic E-state index is -4.64. The Morgan fingerprint density at radius 1 is 1.45 bits per heavy atom. The first-order valence-corrected chi connectivity index (χ1v) is 3.08. The first-order valence-electron chi connectivity index (χ1n) is 3.08. The van der Waals surface area contributed by atoms with Gasteiger partial charge in [0.25, 0.3) is 0 Å². The van der Waals surface area contributed by atoms with Crippen LogP contribution in [0.15, 0.2) is 0 Å². The van der Waals surface area contributed by atoms with E-state index in [0.717, 1.165) is 5.32 Å². The number of hydrogen-bond acceptors (Lipinski definition) is 1. The molecular weight excluding hydrogens is 161 g/mol. The molecule has 66 valence electrons. The molecule has 2 amide bonds. The lowest BCUT2D eigenvalue weighted by Crippen LogP contribution is -2.44. The third-order valence-corrected chi connectivity index (χ3v) is 0.791. The molecule has 0 saturated carbocycles. The molecule has 0 aromatic heterocycles. The highest BCUT2D eigenvalue weighted by atomic mass is 19.4. The summed E-state index contributed by atoms with van der Waals surface area (Å²) in [4.78, 5) is 10.3. The van der Waals surface area contributed by atoms with Crippen LogP contribution in [0.5, 0.6) is 0 Å². The molecule has 2 N–H and O–H groups in total. The zero-order valence-corrected chi connectivity index (χ0v) is 5.96. The largest absolute Gasteiger partial charge is 0.485 e. The van der Waals surface area contributed by atoms with Crippen LogP contribution in [0.4, 0.5) is 18.0 Å². The van der Waals surface area contributed by atoms with Crippen LogP contribution >= 0.6 is 0 Å². The van der Waals surface area contributed by atoms with E-state index < -0.39 is 12.3 Å². The third kappa shape index (κ3) is 6.95. The van der Waals surface area contributed by atoms with Gasteiger partial charge >= 0.3 is 12.3 Å². The monoisotopic (exact) mass is 170 g/mol. The van der Waals surface area contributed by atoms with Crippen molar-refractivity contribution in [3.05, 3.63) is 0 Å². The number of carbonyl (C=O) groups excluding carboxylic acids is 1. The maximum Gasteiger partial charge on any atom is 0.485 e. The van der Waals surface area contributed by atoms with E-state index in [1.165, 1.54) is 0 Å². The van der Waals surface area contributed by atoms with Crippen LogP contribution in [0.3, 0.4) is 0 Å². The van der Waals surface area contributed by atoms with Crippen molar-refractivity contribution in [2.24, 2.45) is 0 Å². The molecule has 0 aliphatic carbocycles. The summed E-state index contributed by atoms with van der Waals surface area (Å²) in [6, 6.07) is -1.21. The number of halogens is 3. The molecule has 0 rings (SSSR count). The van der Waals surface area contributed by atoms with E-state index in [2.05, 4.69) is 0 Å². The first-order chi connectivity index (χ1) is 4.95. The summed E-state index contributed by atoms with van der Waals surface area (Å²) in [6.07, 6.45) is -4.04. The Bertz CT molecular complexity index is 134. The molecule has 3 nitrogen and oxygen atoms in total. The molecule has 0 spiro atoms. The van der Waals surface area contributed by atoms with E-state index in [-0.39, 0.29) is 6.54 Å². The molecule has 0 fully saturated rings. The van der Waals surface area contributed by atoms with Crippen LogP contribution < -0.4 is 10.6 Å². The Balaban J connectivity index is 3.53. The molecule has 0 aromatic carbocycles. The Hall–Kier alpha value is -0.940. The number of alkyl halides is 3. The molecule has 0 saturated heterocycles. The summed E-state index contributed by atoms with van der Waals surface area (Å²) in [5, 5.41) is 2.82. The van der Waals surface area contributed by atoms with Gasteiger partial charge in [-0.25, -0.2) is 10.1 Å². The SMILES string of the molecule is CCCNC(=O)NC(F)(F)F. The van der Waals surface area contributed by atoms with Crippen molar-refractivity contribution in [3.8, 4) is 0 Å². The molecule has 0 unspecified atom stereocenters. The fourth-order valence-electron chi connectivity index (χ4n) is 0.411. The van der Waals surface area contributed by atoms with E-state index >= 15 is 0 Å². The van der Waals surface area contributed by atoms with Crippen molar-refractivity contribution >= 4 is 6.03 Å². The van der Waals surface area contributed by atoms with E-state index in [9.17, 15) is 18.0 Å². The summed E-state index contributed by atoms with van der Waals surface area (Å²) in [5.74, 6) is 0. The van der Waals surface area contributed by atoms with Gasteiger partial charge in [-0.2, -0.15) is 13.2 Å². The fraction of sp³-hybridized carbons (Fsp3) is 0.800. The lowest BCUT2D eigenvalue weighted by atomic mass is 10.5. The van der Waals surface area contributed by atoms with Gasteiger partial charge in [0.1, 0.15) is 0 Å². The second kappa shape index (κ2) is 4.05. The molecule has 0 aliphatic rings. The number of nitrogens with one attached hydrogen (secondary N) is 2.